The van der Waals surface area contributed by atoms with Crippen molar-refractivity contribution >= 4 is 5.78 Å². The molecule has 23 heavy (non-hydrogen) atoms. The van der Waals surface area contributed by atoms with Gasteiger partial charge in [-0.2, -0.15) is 0 Å². The second kappa shape index (κ2) is 9.43. The fourth-order valence-corrected chi connectivity index (χ4v) is 2.77. The minimum atomic E-state index is -0.198. The zero-order chi connectivity index (χ0) is 17.4. The molecule has 1 unspecified atom stereocenters. The SMILES string of the molecule is CCOc1ccc(C(C(=O)CC)C(C)C)c(OCC)c1OCC. The van der Waals surface area contributed by atoms with Gasteiger partial charge in [-0.05, 0) is 32.8 Å². The highest BCUT2D eigenvalue weighted by atomic mass is 16.5. The standard InChI is InChI=1S/C19H30O4/c1-7-15(20)17(13(5)6)14-11-12-16(21-8-2)19(23-10-4)18(14)22-9-3/h11-13,17H,7-10H2,1-6H3. The maximum absolute atomic E-state index is 12.5. The Bertz CT molecular complexity index is 508. The van der Waals surface area contributed by atoms with E-state index in [-0.39, 0.29) is 17.6 Å². The number of carbonyl (C=O) groups excluding carboxylic acids is 1. The van der Waals surface area contributed by atoms with E-state index in [4.69, 9.17) is 14.2 Å². The smallest absolute Gasteiger partial charge is 0.203 e. The van der Waals surface area contributed by atoms with Crippen LogP contribution in [0.2, 0.25) is 0 Å². The van der Waals surface area contributed by atoms with Crippen LogP contribution in [0.3, 0.4) is 0 Å². The molecule has 1 aromatic rings. The summed E-state index contributed by atoms with van der Waals surface area (Å²) in [4.78, 5) is 12.5. The number of Topliss-reactive ketones (excluding diaryl/α,β-unsaturated/α-hetero) is 1. The van der Waals surface area contributed by atoms with Gasteiger partial charge in [0.25, 0.3) is 0 Å². The van der Waals surface area contributed by atoms with Gasteiger partial charge in [0.2, 0.25) is 5.75 Å². The highest BCUT2D eigenvalue weighted by molar-refractivity contribution is 5.87. The third-order valence-electron chi connectivity index (χ3n) is 3.68. The van der Waals surface area contributed by atoms with Gasteiger partial charge in [0.05, 0.1) is 19.8 Å². The third-order valence-corrected chi connectivity index (χ3v) is 3.68. The molecule has 0 aliphatic carbocycles. The topological polar surface area (TPSA) is 44.8 Å². The van der Waals surface area contributed by atoms with E-state index in [0.29, 0.717) is 43.5 Å². The summed E-state index contributed by atoms with van der Waals surface area (Å²) in [6, 6.07) is 3.82. The molecule has 4 heteroatoms. The summed E-state index contributed by atoms with van der Waals surface area (Å²) in [6.45, 7) is 13.4. The van der Waals surface area contributed by atoms with Crippen LogP contribution in [-0.2, 0) is 4.79 Å². The van der Waals surface area contributed by atoms with Crippen molar-refractivity contribution < 1.29 is 19.0 Å². The molecule has 0 radical (unpaired) electrons. The summed E-state index contributed by atoms with van der Waals surface area (Å²) < 4.78 is 17.3. The van der Waals surface area contributed by atoms with Crippen molar-refractivity contribution in [1.82, 2.24) is 0 Å². The van der Waals surface area contributed by atoms with Crippen molar-refractivity contribution in [2.75, 3.05) is 19.8 Å². The number of carbonyl (C=O) groups is 1. The molecule has 1 aromatic carbocycles. The molecule has 0 N–H and O–H groups in total. The Morgan fingerprint density at radius 3 is 1.96 bits per heavy atom. The van der Waals surface area contributed by atoms with Gasteiger partial charge >= 0.3 is 0 Å². The molecule has 4 nitrogen and oxygen atoms in total. The normalized spacial score (nSPS) is 12.1. The maximum Gasteiger partial charge on any atom is 0.203 e. The molecule has 0 bridgehead atoms. The van der Waals surface area contributed by atoms with Crippen LogP contribution < -0.4 is 14.2 Å². The van der Waals surface area contributed by atoms with Gasteiger partial charge < -0.3 is 14.2 Å². The van der Waals surface area contributed by atoms with E-state index in [2.05, 4.69) is 13.8 Å². The molecule has 0 aromatic heterocycles. The molecule has 0 fully saturated rings. The Hall–Kier alpha value is -1.71. The van der Waals surface area contributed by atoms with E-state index in [1.165, 1.54) is 0 Å². The lowest BCUT2D eigenvalue weighted by atomic mass is 9.83. The molecule has 130 valence electrons. The van der Waals surface area contributed by atoms with Crippen molar-refractivity contribution in [3.05, 3.63) is 17.7 Å². The predicted molar refractivity (Wildman–Crippen MR) is 92.8 cm³/mol. The summed E-state index contributed by atoms with van der Waals surface area (Å²) >= 11 is 0. The summed E-state index contributed by atoms with van der Waals surface area (Å²) in [5, 5.41) is 0. The van der Waals surface area contributed by atoms with Crippen molar-refractivity contribution in [3.8, 4) is 17.2 Å². The number of ketones is 1. The average molecular weight is 322 g/mol. The van der Waals surface area contributed by atoms with E-state index >= 15 is 0 Å². The molecule has 1 atom stereocenters. The molecule has 0 heterocycles. The van der Waals surface area contributed by atoms with E-state index in [9.17, 15) is 4.79 Å². The van der Waals surface area contributed by atoms with Crippen LogP contribution in [0.4, 0.5) is 0 Å². The summed E-state index contributed by atoms with van der Waals surface area (Å²) in [6.07, 6.45) is 0.506. The zero-order valence-corrected chi connectivity index (χ0v) is 15.3. The van der Waals surface area contributed by atoms with E-state index in [1.807, 2.05) is 39.8 Å². The molecule has 1 rings (SSSR count). The molecule has 0 aliphatic heterocycles. The van der Waals surface area contributed by atoms with E-state index in [1.54, 1.807) is 0 Å². The van der Waals surface area contributed by atoms with Crippen molar-refractivity contribution in [3.63, 3.8) is 0 Å². The molecular weight excluding hydrogens is 292 g/mol. The Labute approximate surface area is 140 Å². The van der Waals surface area contributed by atoms with Crippen molar-refractivity contribution in [2.45, 2.75) is 53.9 Å². The van der Waals surface area contributed by atoms with Crippen LogP contribution in [0, 0.1) is 5.92 Å². The third kappa shape index (κ3) is 4.63. The zero-order valence-electron chi connectivity index (χ0n) is 15.3. The molecule has 0 aliphatic rings. The van der Waals surface area contributed by atoms with E-state index in [0.717, 1.165) is 5.56 Å². The number of hydrogen-bond donors (Lipinski definition) is 0. The highest BCUT2D eigenvalue weighted by Crippen LogP contribution is 2.45. The van der Waals surface area contributed by atoms with Crippen molar-refractivity contribution in [1.29, 1.82) is 0 Å². The first-order valence-electron chi connectivity index (χ1n) is 8.59. The van der Waals surface area contributed by atoms with Crippen LogP contribution in [0.1, 0.15) is 59.4 Å². The lowest BCUT2D eigenvalue weighted by molar-refractivity contribution is -0.121. The van der Waals surface area contributed by atoms with Gasteiger partial charge in [-0.25, -0.2) is 0 Å². The number of hydrogen-bond acceptors (Lipinski definition) is 4. The summed E-state index contributed by atoms with van der Waals surface area (Å²) in [5.41, 5.74) is 0.889. The van der Waals surface area contributed by atoms with Gasteiger partial charge in [0.1, 0.15) is 5.78 Å². The highest BCUT2D eigenvalue weighted by Gasteiger charge is 2.29. The van der Waals surface area contributed by atoms with Crippen LogP contribution in [-0.4, -0.2) is 25.6 Å². The van der Waals surface area contributed by atoms with Crippen LogP contribution in [0.5, 0.6) is 17.2 Å². The van der Waals surface area contributed by atoms with Crippen LogP contribution in [0.25, 0.3) is 0 Å². The Morgan fingerprint density at radius 2 is 1.48 bits per heavy atom. The van der Waals surface area contributed by atoms with Gasteiger partial charge in [-0.1, -0.05) is 26.8 Å². The first kappa shape index (κ1) is 19.3. The summed E-state index contributed by atoms with van der Waals surface area (Å²) in [7, 11) is 0. The maximum atomic E-state index is 12.5. The number of rotatable bonds is 10. The fraction of sp³-hybridized carbons (Fsp3) is 0.632. The van der Waals surface area contributed by atoms with Crippen molar-refractivity contribution in [2.24, 2.45) is 5.92 Å². The predicted octanol–water partition coefficient (Wildman–Crippen LogP) is 4.60. The molecule has 0 saturated carbocycles. The second-order valence-electron chi connectivity index (χ2n) is 5.65. The Balaban J connectivity index is 3.50. The number of ether oxygens (including phenoxy) is 3. The van der Waals surface area contributed by atoms with Gasteiger partial charge in [-0.3, -0.25) is 4.79 Å². The first-order chi connectivity index (χ1) is 11.0. The van der Waals surface area contributed by atoms with Gasteiger partial charge in [0.15, 0.2) is 11.5 Å². The minimum absolute atomic E-state index is 0.189. The molecule has 0 spiro atoms. The minimum Gasteiger partial charge on any atom is -0.490 e. The first-order valence-corrected chi connectivity index (χ1v) is 8.59. The largest absolute Gasteiger partial charge is 0.490 e. The van der Waals surface area contributed by atoms with Crippen LogP contribution in [0.15, 0.2) is 12.1 Å². The monoisotopic (exact) mass is 322 g/mol. The lowest BCUT2D eigenvalue weighted by Crippen LogP contribution is -2.19. The molecular formula is C19H30O4. The second-order valence-corrected chi connectivity index (χ2v) is 5.65. The van der Waals surface area contributed by atoms with Crippen LogP contribution >= 0.6 is 0 Å². The van der Waals surface area contributed by atoms with Gasteiger partial charge in [-0.15, -0.1) is 0 Å². The molecule has 0 amide bonds. The average Bonchev–Trinajstić information content (AvgIpc) is 2.52. The fourth-order valence-electron chi connectivity index (χ4n) is 2.77. The Kier molecular flexibility index (Phi) is 7.93. The summed E-state index contributed by atoms with van der Waals surface area (Å²) in [5.74, 6) is 2.11. The molecule has 0 saturated heterocycles. The Morgan fingerprint density at radius 1 is 0.913 bits per heavy atom. The van der Waals surface area contributed by atoms with Gasteiger partial charge in [0, 0.05) is 17.9 Å². The quantitative estimate of drug-likeness (QED) is 0.631. The van der Waals surface area contributed by atoms with E-state index < -0.39 is 0 Å². The lowest BCUT2D eigenvalue weighted by Gasteiger charge is -2.25. The number of benzene rings is 1.